The van der Waals surface area contributed by atoms with Crippen LogP contribution in [0.1, 0.15) is 29.2 Å². The smallest absolute Gasteiger partial charge is 0.330 e. The van der Waals surface area contributed by atoms with Crippen molar-refractivity contribution in [1.82, 2.24) is 30.8 Å². The molecule has 43 heavy (non-hydrogen) atoms. The van der Waals surface area contributed by atoms with Gasteiger partial charge in [-0.15, -0.1) is 5.53 Å². The van der Waals surface area contributed by atoms with Gasteiger partial charge in [-0.25, -0.2) is 9.79 Å². The minimum atomic E-state index is -1.37. The number of benzene rings is 2. The number of carbonyl (C=O) groups is 1. The van der Waals surface area contributed by atoms with Gasteiger partial charge in [0, 0.05) is 31.3 Å². The molecular formula is C30H38N8O5. The molecule has 13 heteroatoms. The van der Waals surface area contributed by atoms with Crippen LogP contribution in [0.4, 0.5) is 5.69 Å². The summed E-state index contributed by atoms with van der Waals surface area (Å²) in [5.41, 5.74) is 20.3. The average Bonchev–Trinajstić information content (AvgIpc) is 3.47. The normalized spacial score (nSPS) is 14.9. The number of aliphatic hydroxyl groups excluding tert-OH is 1. The molecule has 1 atom stereocenters. The molecule has 3 heterocycles. The van der Waals surface area contributed by atoms with Crippen LogP contribution in [0.3, 0.4) is 0 Å². The fourth-order valence-corrected chi connectivity index (χ4v) is 5.60. The Morgan fingerprint density at radius 3 is 2.56 bits per heavy atom. The molecule has 0 saturated carbocycles. The molecule has 1 aromatic heterocycles. The van der Waals surface area contributed by atoms with Crippen molar-refractivity contribution in [3.8, 4) is 22.8 Å². The average molecular weight is 591 g/mol. The Hall–Kier alpha value is -4.59. The lowest BCUT2D eigenvalue weighted by atomic mass is 9.97. The van der Waals surface area contributed by atoms with Crippen molar-refractivity contribution in [3.63, 3.8) is 0 Å². The SMILES string of the molecule is CCOc1cc2c(cc1OC)-c1cc(=Nc3c(C)cc(C)cc3C)n(CCNC(=O)C3=C(C(N)O)NNN3)c(=O)n1CC2. The zero-order valence-corrected chi connectivity index (χ0v) is 25.0. The highest BCUT2D eigenvalue weighted by atomic mass is 16.5. The van der Waals surface area contributed by atoms with Gasteiger partial charge in [-0.1, -0.05) is 17.7 Å². The molecule has 1 amide bonds. The molecule has 2 aromatic carbocycles. The lowest BCUT2D eigenvalue weighted by Gasteiger charge is -2.25. The van der Waals surface area contributed by atoms with Crippen LogP contribution in [0.2, 0.25) is 0 Å². The van der Waals surface area contributed by atoms with E-state index in [1.807, 2.05) is 45.9 Å². The first-order chi connectivity index (χ1) is 20.6. The van der Waals surface area contributed by atoms with Gasteiger partial charge >= 0.3 is 5.69 Å². The number of aliphatic hydroxyl groups is 1. The van der Waals surface area contributed by atoms with E-state index < -0.39 is 12.1 Å². The Balaban J connectivity index is 1.60. The number of amides is 1. The minimum absolute atomic E-state index is 0.0648. The number of aryl methyl sites for hydroxylation is 4. The summed E-state index contributed by atoms with van der Waals surface area (Å²) in [6, 6.07) is 9.93. The summed E-state index contributed by atoms with van der Waals surface area (Å²) in [5.74, 6) is 0.760. The number of ether oxygens (including phenoxy) is 2. The van der Waals surface area contributed by atoms with Gasteiger partial charge in [0.15, 0.2) is 11.5 Å². The maximum absolute atomic E-state index is 14.1. The monoisotopic (exact) mass is 590 g/mol. The summed E-state index contributed by atoms with van der Waals surface area (Å²) in [7, 11) is 1.59. The summed E-state index contributed by atoms with van der Waals surface area (Å²) in [4.78, 5) is 31.9. The van der Waals surface area contributed by atoms with Crippen LogP contribution in [0, 0.1) is 20.8 Å². The van der Waals surface area contributed by atoms with Crippen LogP contribution < -0.4 is 48.1 Å². The van der Waals surface area contributed by atoms with E-state index in [1.54, 1.807) is 16.2 Å². The Morgan fingerprint density at radius 2 is 1.88 bits per heavy atom. The fraction of sp³-hybridized carbons (Fsp3) is 0.367. The summed E-state index contributed by atoms with van der Waals surface area (Å²) in [6.45, 7) is 9.21. The first kappa shape index (κ1) is 29.9. The summed E-state index contributed by atoms with van der Waals surface area (Å²) in [5, 5.41) is 12.5. The first-order valence-corrected chi connectivity index (χ1v) is 14.2. The maximum Gasteiger partial charge on any atom is 0.330 e. The highest BCUT2D eigenvalue weighted by Gasteiger charge is 2.25. The molecule has 7 N–H and O–H groups in total. The van der Waals surface area contributed by atoms with Crippen molar-refractivity contribution in [2.45, 2.75) is 53.4 Å². The van der Waals surface area contributed by atoms with Crippen molar-refractivity contribution in [2.75, 3.05) is 20.3 Å². The number of fused-ring (bicyclic) bond motifs is 3. The van der Waals surface area contributed by atoms with Gasteiger partial charge in [-0.3, -0.25) is 19.4 Å². The van der Waals surface area contributed by atoms with Crippen molar-refractivity contribution in [2.24, 2.45) is 10.7 Å². The predicted molar refractivity (Wildman–Crippen MR) is 161 cm³/mol. The second-order valence-electron chi connectivity index (χ2n) is 10.5. The lowest BCUT2D eigenvalue weighted by molar-refractivity contribution is -0.118. The van der Waals surface area contributed by atoms with Gasteiger partial charge in [-0.05, 0) is 62.9 Å². The Bertz CT molecular complexity index is 1710. The second-order valence-corrected chi connectivity index (χ2v) is 10.5. The molecule has 1 unspecified atom stereocenters. The van der Waals surface area contributed by atoms with Crippen LogP contribution in [-0.2, 0) is 24.3 Å². The van der Waals surface area contributed by atoms with Crippen LogP contribution in [0.15, 0.2) is 51.5 Å². The van der Waals surface area contributed by atoms with Gasteiger partial charge in [0.25, 0.3) is 5.91 Å². The van der Waals surface area contributed by atoms with E-state index in [9.17, 15) is 14.7 Å². The lowest BCUT2D eigenvalue weighted by Crippen LogP contribution is -2.44. The molecule has 0 aliphatic carbocycles. The van der Waals surface area contributed by atoms with E-state index in [1.165, 1.54) is 0 Å². The molecular weight excluding hydrogens is 552 g/mol. The van der Waals surface area contributed by atoms with Crippen molar-refractivity contribution in [3.05, 3.63) is 80.0 Å². The topological polar surface area (TPSA) is 169 Å². The molecule has 0 saturated heterocycles. The third kappa shape index (κ3) is 5.87. The number of nitrogens with two attached hydrogens (primary N) is 1. The molecule has 3 aromatic rings. The summed E-state index contributed by atoms with van der Waals surface area (Å²) >= 11 is 0. The highest BCUT2D eigenvalue weighted by Crippen LogP contribution is 2.37. The third-order valence-electron chi connectivity index (χ3n) is 7.52. The van der Waals surface area contributed by atoms with Gasteiger partial charge in [0.05, 0.1) is 25.1 Å². The number of methoxy groups -OCH3 is 1. The van der Waals surface area contributed by atoms with E-state index in [-0.39, 0.29) is 30.2 Å². The molecule has 2 aliphatic rings. The van der Waals surface area contributed by atoms with E-state index in [4.69, 9.17) is 20.2 Å². The van der Waals surface area contributed by atoms with Gasteiger partial charge in [0.2, 0.25) is 0 Å². The Labute approximate surface area is 249 Å². The Morgan fingerprint density at radius 1 is 1.14 bits per heavy atom. The van der Waals surface area contributed by atoms with Crippen LogP contribution >= 0.6 is 0 Å². The van der Waals surface area contributed by atoms with Crippen LogP contribution in [0.25, 0.3) is 11.3 Å². The number of nitrogens with zero attached hydrogens (tertiary/aromatic N) is 3. The second kappa shape index (κ2) is 12.3. The van der Waals surface area contributed by atoms with E-state index in [0.29, 0.717) is 36.6 Å². The van der Waals surface area contributed by atoms with E-state index in [0.717, 1.165) is 39.2 Å². The van der Waals surface area contributed by atoms with Crippen LogP contribution in [0.5, 0.6) is 11.5 Å². The zero-order valence-electron chi connectivity index (χ0n) is 25.0. The number of nitrogens with one attached hydrogen (secondary N) is 4. The standard InChI is InChI=1S/C30H38N8O5/c1-6-43-23-13-19-7-9-37-21(20(19)14-22(23)42-5)15-24(33-25-17(3)11-16(2)12-18(25)4)38(30(37)41)10-8-32-29(40)27-26(28(31)39)34-36-35-27/h11-15,28,34-36,39H,6-10,31H2,1-5H3,(H,32,40). The first-order valence-electron chi connectivity index (χ1n) is 14.2. The minimum Gasteiger partial charge on any atom is -0.493 e. The number of rotatable bonds is 9. The molecule has 0 fully saturated rings. The predicted octanol–water partition coefficient (Wildman–Crippen LogP) is 0.655. The maximum atomic E-state index is 14.1. The van der Waals surface area contributed by atoms with Gasteiger partial charge in [0.1, 0.15) is 23.1 Å². The van der Waals surface area contributed by atoms with Gasteiger partial charge < -0.3 is 31.1 Å². The van der Waals surface area contributed by atoms with E-state index in [2.05, 4.69) is 33.8 Å². The largest absolute Gasteiger partial charge is 0.493 e. The van der Waals surface area contributed by atoms with Crippen molar-refractivity contribution in [1.29, 1.82) is 0 Å². The van der Waals surface area contributed by atoms with Crippen molar-refractivity contribution >= 4 is 11.6 Å². The van der Waals surface area contributed by atoms with Crippen molar-refractivity contribution < 1.29 is 19.4 Å². The Kier molecular flexibility index (Phi) is 8.57. The number of hydrazine groups is 2. The highest BCUT2D eigenvalue weighted by molar-refractivity contribution is 5.93. The molecule has 5 rings (SSSR count). The number of hydrogen-bond acceptors (Lipinski definition) is 10. The fourth-order valence-electron chi connectivity index (χ4n) is 5.60. The van der Waals surface area contributed by atoms with E-state index >= 15 is 0 Å². The summed E-state index contributed by atoms with van der Waals surface area (Å²) in [6.07, 6.45) is -0.736. The molecule has 0 bridgehead atoms. The molecule has 0 radical (unpaired) electrons. The molecule has 0 spiro atoms. The summed E-state index contributed by atoms with van der Waals surface area (Å²) < 4.78 is 14.7. The molecule has 13 nitrogen and oxygen atoms in total. The molecule has 228 valence electrons. The number of hydrogen-bond donors (Lipinski definition) is 6. The zero-order chi connectivity index (χ0) is 30.8. The molecule has 2 aliphatic heterocycles. The quantitative estimate of drug-likeness (QED) is 0.196. The van der Waals surface area contributed by atoms with Crippen LogP contribution in [-0.4, -0.2) is 46.6 Å². The number of aromatic nitrogens is 2. The number of carbonyl (C=O) groups excluding carboxylic acids is 1. The van der Waals surface area contributed by atoms with Gasteiger partial charge in [-0.2, -0.15) is 0 Å². The third-order valence-corrected chi connectivity index (χ3v) is 7.52.